The van der Waals surface area contributed by atoms with E-state index >= 15 is 0 Å². The lowest BCUT2D eigenvalue weighted by molar-refractivity contribution is -0.122. The maximum Gasteiger partial charge on any atom is 0.227 e. The number of carbonyl (C=O) groups is 2. The summed E-state index contributed by atoms with van der Waals surface area (Å²) in [6.45, 7) is 1.34. The minimum absolute atomic E-state index is 0.0879. The second kappa shape index (κ2) is 9.75. The van der Waals surface area contributed by atoms with E-state index in [0.29, 0.717) is 37.1 Å². The number of hydrogen-bond donors (Lipinski definition) is 1. The molecule has 1 aromatic heterocycles. The van der Waals surface area contributed by atoms with Crippen molar-refractivity contribution in [1.82, 2.24) is 4.98 Å². The highest BCUT2D eigenvalue weighted by molar-refractivity contribution is 5.99. The van der Waals surface area contributed by atoms with Crippen molar-refractivity contribution >= 4 is 23.2 Å². The molecule has 7 nitrogen and oxygen atoms in total. The van der Waals surface area contributed by atoms with E-state index in [1.807, 2.05) is 54.6 Å². The predicted molar refractivity (Wildman–Crippen MR) is 117 cm³/mol. The Bertz CT molecular complexity index is 1040. The van der Waals surface area contributed by atoms with Crippen molar-refractivity contribution in [3.63, 3.8) is 0 Å². The van der Waals surface area contributed by atoms with Gasteiger partial charge in [-0.15, -0.1) is 0 Å². The van der Waals surface area contributed by atoms with E-state index in [1.165, 1.54) is 6.20 Å². The van der Waals surface area contributed by atoms with Gasteiger partial charge in [-0.25, -0.2) is 4.98 Å². The van der Waals surface area contributed by atoms with Gasteiger partial charge in [0.05, 0.1) is 24.1 Å². The van der Waals surface area contributed by atoms with Crippen molar-refractivity contribution in [2.75, 3.05) is 23.4 Å². The number of hydrogen-bond acceptors (Lipinski definition) is 5. The van der Waals surface area contributed by atoms with Crippen LogP contribution in [0, 0.1) is 0 Å². The molecule has 0 bridgehead atoms. The Morgan fingerprint density at radius 2 is 1.81 bits per heavy atom. The Morgan fingerprint density at radius 3 is 2.61 bits per heavy atom. The third kappa shape index (κ3) is 5.39. The van der Waals surface area contributed by atoms with E-state index in [1.54, 1.807) is 17.0 Å². The average molecular weight is 417 g/mol. The molecule has 0 saturated carbocycles. The van der Waals surface area contributed by atoms with Gasteiger partial charge in [-0.3, -0.25) is 9.59 Å². The number of anilines is 2. The van der Waals surface area contributed by atoms with Gasteiger partial charge >= 0.3 is 0 Å². The Kier molecular flexibility index (Phi) is 6.42. The number of para-hydroxylation sites is 2. The fourth-order valence-electron chi connectivity index (χ4n) is 3.28. The minimum Gasteiger partial charge on any atom is -0.490 e. The molecule has 0 spiro atoms. The molecule has 0 saturated heterocycles. The highest BCUT2D eigenvalue weighted by Crippen LogP contribution is 2.31. The Morgan fingerprint density at radius 1 is 1.00 bits per heavy atom. The number of pyridine rings is 1. The Labute approximate surface area is 180 Å². The van der Waals surface area contributed by atoms with E-state index in [2.05, 4.69) is 10.3 Å². The Hall–Kier alpha value is -3.87. The summed E-state index contributed by atoms with van der Waals surface area (Å²) in [4.78, 5) is 30.8. The summed E-state index contributed by atoms with van der Waals surface area (Å²) < 4.78 is 11.2. The summed E-state index contributed by atoms with van der Waals surface area (Å²) in [5, 5.41) is 2.77. The summed E-state index contributed by atoms with van der Waals surface area (Å²) in [6.07, 6.45) is 1.74. The lowest BCUT2D eigenvalue weighted by atomic mass is 10.2. The van der Waals surface area contributed by atoms with Crippen LogP contribution in [0.5, 0.6) is 11.6 Å². The summed E-state index contributed by atoms with van der Waals surface area (Å²) in [5.74, 6) is 0.818. The van der Waals surface area contributed by atoms with Crippen LogP contribution in [0.4, 0.5) is 11.4 Å². The molecule has 1 N–H and O–H groups in total. The molecule has 4 rings (SSSR count). The standard InChI is InChI=1S/C24H23N3O4/c28-22(11-13-24(29)27-14-15-30-21-9-5-4-8-20(21)27)26-19-10-12-23(25-16-19)31-17-18-6-2-1-3-7-18/h1-10,12,16H,11,13-15,17H2,(H,26,28). The molecule has 1 aliphatic heterocycles. The SMILES string of the molecule is O=C(CCC(=O)N1CCOc2ccccc21)Nc1ccc(OCc2ccccc2)nc1. The second-order valence-electron chi connectivity index (χ2n) is 7.07. The zero-order valence-electron chi connectivity index (χ0n) is 17.0. The minimum atomic E-state index is -0.241. The van der Waals surface area contributed by atoms with Crippen LogP contribution in [0.15, 0.2) is 72.9 Å². The van der Waals surface area contributed by atoms with Gasteiger partial charge in [-0.2, -0.15) is 0 Å². The quantitative estimate of drug-likeness (QED) is 0.632. The van der Waals surface area contributed by atoms with Crippen LogP contribution < -0.4 is 19.7 Å². The molecular weight excluding hydrogens is 394 g/mol. The predicted octanol–water partition coefficient (Wildman–Crippen LogP) is 3.80. The molecule has 1 aliphatic rings. The largest absolute Gasteiger partial charge is 0.490 e. The van der Waals surface area contributed by atoms with Crippen LogP contribution in [0.3, 0.4) is 0 Å². The number of ether oxygens (including phenoxy) is 2. The smallest absolute Gasteiger partial charge is 0.227 e. The summed E-state index contributed by atoms with van der Waals surface area (Å²) in [6, 6.07) is 20.7. The third-order valence-corrected chi connectivity index (χ3v) is 4.85. The number of carbonyl (C=O) groups excluding carboxylic acids is 2. The van der Waals surface area contributed by atoms with Crippen molar-refractivity contribution in [2.45, 2.75) is 19.4 Å². The molecule has 0 aliphatic carbocycles. The molecule has 3 aromatic rings. The molecule has 0 radical (unpaired) electrons. The lowest BCUT2D eigenvalue weighted by Gasteiger charge is -2.29. The van der Waals surface area contributed by atoms with E-state index < -0.39 is 0 Å². The van der Waals surface area contributed by atoms with Gasteiger partial charge in [0, 0.05) is 18.9 Å². The van der Waals surface area contributed by atoms with Crippen molar-refractivity contribution < 1.29 is 19.1 Å². The van der Waals surface area contributed by atoms with Crippen LogP contribution in [-0.4, -0.2) is 29.9 Å². The fraction of sp³-hybridized carbons (Fsp3) is 0.208. The first-order valence-corrected chi connectivity index (χ1v) is 10.1. The van der Waals surface area contributed by atoms with Crippen LogP contribution >= 0.6 is 0 Å². The van der Waals surface area contributed by atoms with Gasteiger partial charge in [0.2, 0.25) is 17.7 Å². The maximum absolute atomic E-state index is 12.6. The van der Waals surface area contributed by atoms with Gasteiger partial charge in [-0.1, -0.05) is 42.5 Å². The van der Waals surface area contributed by atoms with E-state index in [4.69, 9.17) is 9.47 Å². The van der Waals surface area contributed by atoms with Crippen LogP contribution in [-0.2, 0) is 16.2 Å². The fourth-order valence-corrected chi connectivity index (χ4v) is 3.28. The average Bonchev–Trinajstić information content (AvgIpc) is 2.82. The second-order valence-corrected chi connectivity index (χ2v) is 7.07. The first-order chi connectivity index (χ1) is 15.2. The molecule has 2 aromatic carbocycles. The molecule has 0 fully saturated rings. The number of aromatic nitrogens is 1. The van der Waals surface area contributed by atoms with E-state index in [9.17, 15) is 9.59 Å². The van der Waals surface area contributed by atoms with Crippen molar-refractivity contribution in [3.05, 3.63) is 78.5 Å². The number of amides is 2. The summed E-state index contributed by atoms with van der Waals surface area (Å²) in [5.41, 5.74) is 2.35. The molecule has 0 atom stereocenters. The number of rotatable bonds is 7. The van der Waals surface area contributed by atoms with Crippen LogP contribution in [0.2, 0.25) is 0 Å². The number of fused-ring (bicyclic) bond motifs is 1. The maximum atomic E-state index is 12.6. The zero-order valence-corrected chi connectivity index (χ0v) is 17.0. The normalized spacial score (nSPS) is 12.5. The number of nitrogens with zero attached hydrogens (tertiary/aromatic N) is 2. The summed E-state index contributed by atoms with van der Waals surface area (Å²) >= 11 is 0. The van der Waals surface area contributed by atoms with Crippen LogP contribution in [0.25, 0.3) is 0 Å². The third-order valence-electron chi connectivity index (χ3n) is 4.85. The first-order valence-electron chi connectivity index (χ1n) is 10.1. The molecule has 2 amide bonds. The van der Waals surface area contributed by atoms with Gasteiger partial charge in [-0.05, 0) is 23.8 Å². The Balaban J connectivity index is 1.25. The molecule has 7 heteroatoms. The highest BCUT2D eigenvalue weighted by atomic mass is 16.5. The lowest BCUT2D eigenvalue weighted by Crippen LogP contribution is -2.38. The van der Waals surface area contributed by atoms with Crippen molar-refractivity contribution in [2.24, 2.45) is 0 Å². The van der Waals surface area contributed by atoms with E-state index in [0.717, 1.165) is 11.3 Å². The molecular formula is C24H23N3O4. The first kappa shape index (κ1) is 20.4. The monoisotopic (exact) mass is 417 g/mol. The molecule has 0 unspecified atom stereocenters. The van der Waals surface area contributed by atoms with Gasteiger partial charge < -0.3 is 19.7 Å². The molecule has 2 heterocycles. The van der Waals surface area contributed by atoms with Gasteiger partial charge in [0.1, 0.15) is 19.0 Å². The zero-order chi connectivity index (χ0) is 21.5. The molecule has 158 valence electrons. The molecule has 31 heavy (non-hydrogen) atoms. The van der Waals surface area contributed by atoms with Crippen molar-refractivity contribution in [3.8, 4) is 11.6 Å². The number of benzene rings is 2. The van der Waals surface area contributed by atoms with Crippen molar-refractivity contribution in [1.29, 1.82) is 0 Å². The summed E-state index contributed by atoms with van der Waals surface area (Å²) in [7, 11) is 0. The van der Waals surface area contributed by atoms with E-state index in [-0.39, 0.29) is 24.7 Å². The number of nitrogens with one attached hydrogen (secondary N) is 1. The van der Waals surface area contributed by atoms with Gasteiger partial charge in [0.25, 0.3) is 0 Å². The highest BCUT2D eigenvalue weighted by Gasteiger charge is 2.23. The topological polar surface area (TPSA) is 80.8 Å². The van der Waals surface area contributed by atoms with Crippen LogP contribution in [0.1, 0.15) is 18.4 Å². The van der Waals surface area contributed by atoms with Gasteiger partial charge in [0.15, 0.2) is 0 Å².